The second kappa shape index (κ2) is 7.81. The Morgan fingerprint density at radius 2 is 1.82 bits per heavy atom. The van der Waals surface area contributed by atoms with Crippen LogP contribution in [0, 0.1) is 0 Å². The number of aliphatic hydroxyl groups is 1. The molecule has 0 spiro atoms. The molecule has 1 aromatic heterocycles. The molecule has 0 radical (unpaired) electrons. The number of primary amides is 1. The van der Waals surface area contributed by atoms with Crippen molar-refractivity contribution in [3.8, 4) is 5.75 Å². The summed E-state index contributed by atoms with van der Waals surface area (Å²) < 4.78 is 53.7. The zero-order chi connectivity index (χ0) is 21.3. The first kappa shape index (κ1) is 21.7. The van der Waals surface area contributed by atoms with Crippen molar-refractivity contribution in [1.82, 2.24) is 0 Å². The molecule has 4 N–H and O–H groups in total. The third-order valence-electron chi connectivity index (χ3n) is 3.38. The summed E-state index contributed by atoms with van der Waals surface area (Å²) in [6, 6.07) is 5.22. The summed E-state index contributed by atoms with van der Waals surface area (Å²) in [5.41, 5.74) is 3.20. The Hall–Kier alpha value is -2.57. The number of amides is 2. The molecule has 0 aliphatic rings. The van der Waals surface area contributed by atoms with Crippen LogP contribution in [-0.4, -0.2) is 37.6 Å². The quantitative estimate of drug-likeness (QED) is 0.610. The number of benzene rings is 1. The van der Waals surface area contributed by atoms with Crippen molar-refractivity contribution in [1.29, 1.82) is 0 Å². The molecule has 1 aromatic carbocycles. The Morgan fingerprint density at radius 3 is 2.29 bits per heavy atom. The van der Waals surface area contributed by atoms with Gasteiger partial charge in [-0.2, -0.15) is 8.78 Å². The number of anilines is 1. The molecule has 0 saturated heterocycles. The van der Waals surface area contributed by atoms with E-state index in [1.165, 1.54) is 13.8 Å². The molecule has 1 heterocycles. The summed E-state index contributed by atoms with van der Waals surface area (Å²) >= 11 is 0.566. The van der Waals surface area contributed by atoms with Gasteiger partial charge in [-0.1, -0.05) is 0 Å². The van der Waals surface area contributed by atoms with E-state index in [4.69, 9.17) is 5.73 Å². The van der Waals surface area contributed by atoms with E-state index in [1.54, 1.807) is 0 Å². The monoisotopic (exact) mass is 434 g/mol. The average Bonchev–Trinajstić information content (AvgIpc) is 2.99. The normalized spacial score (nSPS) is 12.1. The number of rotatable bonds is 7. The van der Waals surface area contributed by atoms with E-state index < -0.39 is 33.9 Å². The summed E-state index contributed by atoms with van der Waals surface area (Å²) in [6.07, 6.45) is 0. The van der Waals surface area contributed by atoms with E-state index in [9.17, 15) is 31.9 Å². The van der Waals surface area contributed by atoms with Crippen LogP contribution in [0.3, 0.4) is 0 Å². The maximum absolute atomic E-state index is 12.7. The predicted octanol–water partition coefficient (Wildman–Crippen LogP) is 1.99. The molecular weight excluding hydrogens is 418 g/mol. The molecule has 28 heavy (non-hydrogen) atoms. The maximum Gasteiger partial charge on any atom is 0.387 e. The molecule has 0 saturated carbocycles. The zero-order valence-corrected chi connectivity index (χ0v) is 16.2. The van der Waals surface area contributed by atoms with Crippen LogP contribution in [0.2, 0.25) is 0 Å². The van der Waals surface area contributed by atoms with Crippen molar-refractivity contribution in [2.75, 3.05) is 5.32 Å². The van der Waals surface area contributed by atoms with Gasteiger partial charge in [-0.15, -0.1) is 11.3 Å². The van der Waals surface area contributed by atoms with E-state index >= 15 is 0 Å². The Balaban J connectivity index is 2.42. The van der Waals surface area contributed by atoms with Crippen molar-refractivity contribution < 1.29 is 36.6 Å². The molecular formula is C16H16F2N2O6S2. The lowest BCUT2D eigenvalue weighted by atomic mass is 10.1. The Morgan fingerprint density at radius 1 is 1.25 bits per heavy atom. The number of hydrogen-bond acceptors (Lipinski definition) is 7. The number of carbonyl (C=O) groups is 2. The molecule has 0 aliphatic heterocycles. The smallest absolute Gasteiger partial charge is 0.387 e. The molecule has 0 aliphatic carbocycles. The van der Waals surface area contributed by atoms with Crippen molar-refractivity contribution in [3.63, 3.8) is 0 Å². The average molecular weight is 434 g/mol. The molecule has 8 nitrogen and oxygen atoms in total. The van der Waals surface area contributed by atoms with Gasteiger partial charge in [0.05, 0.1) is 10.5 Å². The lowest BCUT2D eigenvalue weighted by molar-refractivity contribution is -0.130. The Kier molecular flexibility index (Phi) is 6.06. The molecule has 2 aromatic rings. The highest BCUT2D eigenvalue weighted by Crippen LogP contribution is 2.35. The van der Waals surface area contributed by atoms with Crippen LogP contribution >= 0.6 is 11.3 Å². The first-order valence-electron chi connectivity index (χ1n) is 7.60. The van der Waals surface area contributed by atoms with Crippen LogP contribution in [0.4, 0.5) is 13.8 Å². The number of nitrogens with one attached hydrogen (secondary N) is 1. The number of nitrogens with two attached hydrogens (primary N) is 1. The van der Waals surface area contributed by atoms with Gasteiger partial charge in [-0.3, -0.25) is 9.59 Å². The maximum atomic E-state index is 12.7. The summed E-state index contributed by atoms with van der Waals surface area (Å²) in [4.78, 5) is 23.3. The third-order valence-corrected chi connectivity index (χ3v) is 6.68. The van der Waals surface area contributed by atoms with Gasteiger partial charge >= 0.3 is 6.61 Å². The number of alkyl halides is 2. The molecule has 12 heteroatoms. The molecule has 0 bridgehead atoms. The zero-order valence-electron chi connectivity index (χ0n) is 14.6. The van der Waals surface area contributed by atoms with Gasteiger partial charge in [0, 0.05) is 0 Å². The van der Waals surface area contributed by atoms with Gasteiger partial charge in [0.25, 0.3) is 11.8 Å². The van der Waals surface area contributed by atoms with Gasteiger partial charge in [0.15, 0.2) is 0 Å². The highest BCUT2D eigenvalue weighted by Gasteiger charge is 2.29. The van der Waals surface area contributed by atoms with E-state index in [0.717, 1.165) is 30.3 Å². The van der Waals surface area contributed by atoms with E-state index in [-0.39, 0.29) is 25.4 Å². The van der Waals surface area contributed by atoms with Crippen LogP contribution in [-0.2, 0) is 14.6 Å². The standard InChI is InChI=1S/C16H16F2N2O6S2/c1-16(2,23)14(22)20-13-10(12(19)21)7-11(27-13)28(24,25)9-5-3-8(4-6-9)26-15(17)18/h3-7,15,23H,1-2H3,(H2,19,21)(H,20,22). The predicted molar refractivity (Wildman–Crippen MR) is 96.3 cm³/mol. The highest BCUT2D eigenvalue weighted by atomic mass is 32.2. The Labute approximate surface area is 162 Å². The largest absolute Gasteiger partial charge is 0.435 e. The fraction of sp³-hybridized carbons (Fsp3) is 0.250. The molecule has 0 unspecified atom stereocenters. The first-order valence-corrected chi connectivity index (χ1v) is 9.89. The van der Waals surface area contributed by atoms with Crippen molar-refractivity contribution in [3.05, 3.63) is 35.9 Å². The van der Waals surface area contributed by atoms with Crippen molar-refractivity contribution in [2.24, 2.45) is 5.73 Å². The van der Waals surface area contributed by atoms with Crippen LogP contribution in [0.15, 0.2) is 39.4 Å². The van der Waals surface area contributed by atoms with E-state index in [2.05, 4.69) is 10.1 Å². The fourth-order valence-corrected chi connectivity index (χ4v) is 4.72. The summed E-state index contributed by atoms with van der Waals surface area (Å²) in [5.74, 6) is -2.07. The molecule has 0 fully saturated rings. The molecule has 2 rings (SSSR count). The highest BCUT2D eigenvalue weighted by molar-refractivity contribution is 7.93. The summed E-state index contributed by atoms with van der Waals surface area (Å²) in [7, 11) is -4.14. The van der Waals surface area contributed by atoms with Gasteiger partial charge in [-0.25, -0.2) is 8.42 Å². The number of sulfone groups is 1. The second-order valence-electron chi connectivity index (χ2n) is 6.04. The Bertz CT molecular complexity index is 995. The number of carbonyl (C=O) groups excluding carboxylic acids is 2. The first-order chi connectivity index (χ1) is 12.8. The molecule has 2 amide bonds. The number of ether oxygens (including phenoxy) is 1. The topological polar surface area (TPSA) is 136 Å². The SMILES string of the molecule is CC(C)(O)C(=O)Nc1sc(S(=O)(=O)c2ccc(OC(F)F)cc2)cc1C(N)=O. The van der Waals surface area contributed by atoms with Crippen LogP contribution < -0.4 is 15.8 Å². The number of halogens is 2. The lowest BCUT2D eigenvalue weighted by Crippen LogP contribution is -2.36. The van der Waals surface area contributed by atoms with E-state index in [0.29, 0.717) is 11.3 Å². The van der Waals surface area contributed by atoms with E-state index in [1.807, 2.05) is 0 Å². The summed E-state index contributed by atoms with van der Waals surface area (Å²) in [5, 5.41) is 11.8. The minimum Gasteiger partial charge on any atom is -0.435 e. The van der Waals surface area contributed by atoms with Crippen LogP contribution in [0.5, 0.6) is 5.75 Å². The fourth-order valence-electron chi connectivity index (χ4n) is 1.95. The van der Waals surface area contributed by atoms with Gasteiger partial charge in [0.2, 0.25) is 9.84 Å². The lowest BCUT2D eigenvalue weighted by Gasteiger charge is -2.16. The summed E-state index contributed by atoms with van der Waals surface area (Å²) in [6.45, 7) is -0.638. The third kappa shape index (κ3) is 4.82. The van der Waals surface area contributed by atoms with Crippen molar-refractivity contribution in [2.45, 2.75) is 35.2 Å². The number of thiophene rings is 1. The van der Waals surface area contributed by atoms with Gasteiger partial charge < -0.3 is 20.9 Å². The molecule has 152 valence electrons. The number of hydrogen-bond donors (Lipinski definition) is 3. The van der Waals surface area contributed by atoms with Crippen LogP contribution in [0.25, 0.3) is 0 Å². The van der Waals surface area contributed by atoms with Crippen molar-refractivity contribution >= 4 is 38.0 Å². The van der Waals surface area contributed by atoms with Crippen LogP contribution in [0.1, 0.15) is 24.2 Å². The minimum atomic E-state index is -4.14. The molecule has 0 atom stereocenters. The van der Waals surface area contributed by atoms with Gasteiger partial charge in [0.1, 0.15) is 20.6 Å². The second-order valence-corrected chi connectivity index (χ2v) is 9.27. The van der Waals surface area contributed by atoms with Gasteiger partial charge in [-0.05, 0) is 44.2 Å². The minimum absolute atomic E-state index is 0.143.